The first-order valence-electron chi connectivity index (χ1n) is 10.4. The molecule has 3 rings (SSSR count). The van der Waals surface area contributed by atoms with Crippen molar-refractivity contribution in [2.45, 2.75) is 32.7 Å². The highest BCUT2D eigenvalue weighted by molar-refractivity contribution is 6.46. The highest BCUT2D eigenvalue weighted by atomic mass is 16.7. The van der Waals surface area contributed by atoms with Crippen LogP contribution in [0.4, 0.5) is 5.69 Å². The number of aliphatic imine (C=N–C) groups is 1. The Bertz CT molecular complexity index is 1090. The molecule has 1 aliphatic rings. The van der Waals surface area contributed by atoms with Crippen LogP contribution in [0.2, 0.25) is 0 Å². The van der Waals surface area contributed by atoms with E-state index in [1.165, 1.54) is 11.1 Å². The molecule has 2 amide bonds. The molecule has 2 aromatic rings. The highest BCUT2D eigenvalue weighted by Crippen LogP contribution is 2.24. The Hall–Kier alpha value is -3.98. The molecule has 0 aromatic heterocycles. The fourth-order valence-corrected chi connectivity index (χ4v) is 2.82. The van der Waals surface area contributed by atoms with Crippen LogP contribution in [0.5, 0.6) is 5.75 Å². The largest absolute Gasteiger partial charge is 0.497 e. The quantitative estimate of drug-likeness (QED) is 0.493. The molecule has 0 radical (unpaired) electrons. The molecule has 1 saturated heterocycles. The normalized spacial score (nSPS) is 15.4. The number of hydrazine groups is 1. The molecular weight excluding hydrogens is 424 g/mol. The van der Waals surface area contributed by atoms with Gasteiger partial charge in [0.25, 0.3) is 11.8 Å². The maximum atomic E-state index is 13.1. The van der Waals surface area contributed by atoms with Crippen molar-refractivity contribution in [3.63, 3.8) is 0 Å². The first kappa shape index (κ1) is 23.7. The lowest BCUT2D eigenvalue weighted by Gasteiger charge is -2.24. The summed E-state index contributed by atoms with van der Waals surface area (Å²) in [6.45, 7) is 5.63. The summed E-state index contributed by atoms with van der Waals surface area (Å²) in [6.07, 6.45) is 1.88. The van der Waals surface area contributed by atoms with Crippen LogP contribution >= 0.6 is 0 Å². The Kier molecular flexibility index (Phi) is 7.24. The van der Waals surface area contributed by atoms with Crippen molar-refractivity contribution in [2.75, 3.05) is 12.1 Å². The number of amides is 2. The highest BCUT2D eigenvalue weighted by Gasteiger charge is 2.31. The summed E-state index contributed by atoms with van der Waals surface area (Å²) < 4.78 is 5.16. The van der Waals surface area contributed by atoms with Gasteiger partial charge >= 0.3 is 5.97 Å². The van der Waals surface area contributed by atoms with Gasteiger partial charge in [0.15, 0.2) is 5.70 Å². The molecule has 1 fully saturated rings. The van der Waals surface area contributed by atoms with E-state index in [1.807, 2.05) is 20.8 Å². The predicted molar refractivity (Wildman–Crippen MR) is 124 cm³/mol. The number of rotatable bonds is 7. The van der Waals surface area contributed by atoms with E-state index in [2.05, 4.69) is 15.9 Å². The van der Waals surface area contributed by atoms with Gasteiger partial charge in [-0.3, -0.25) is 9.59 Å². The van der Waals surface area contributed by atoms with Gasteiger partial charge in [-0.2, -0.15) is 0 Å². The number of hydrogen-bond donors (Lipinski definition) is 2. The van der Waals surface area contributed by atoms with Crippen LogP contribution in [0.3, 0.4) is 0 Å². The van der Waals surface area contributed by atoms with Crippen LogP contribution in [0.15, 0.2) is 71.4 Å². The van der Waals surface area contributed by atoms with E-state index in [4.69, 9.17) is 9.57 Å². The molecule has 2 N–H and O–H groups in total. The molecule has 1 heterocycles. The zero-order chi connectivity index (χ0) is 24.0. The Balaban J connectivity index is 2.02. The maximum Gasteiger partial charge on any atom is 0.376 e. The van der Waals surface area contributed by atoms with Crippen molar-refractivity contribution < 1.29 is 24.0 Å². The topological polar surface area (TPSA) is 109 Å². The van der Waals surface area contributed by atoms with Gasteiger partial charge < -0.3 is 14.9 Å². The Morgan fingerprint density at radius 1 is 1.15 bits per heavy atom. The van der Waals surface area contributed by atoms with E-state index in [-0.39, 0.29) is 11.4 Å². The van der Waals surface area contributed by atoms with Crippen molar-refractivity contribution >= 4 is 29.2 Å². The summed E-state index contributed by atoms with van der Waals surface area (Å²) in [5.41, 5.74) is 2.59. The maximum absolute atomic E-state index is 13.1. The van der Waals surface area contributed by atoms with Gasteiger partial charge in [-0.25, -0.2) is 14.8 Å². The molecule has 2 aromatic carbocycles. The molecule has 0 saturated carbocycles. The number of nitrogens with one attached hydrogen (secondary N) is 2. The number of ether oxygens (including phenoxy) is 1. The number of carbonyl (C=O) groups excluding carboxylic acids is 3. The molecular formula is C24H26N4O5. The minimum atomic E-state index is -0.728. The number of nitrogens with zero attached hydrogens (tertiary/aromatic N) is 2. The molecule has 9 nitrogen and oxygen atoms in total. The number of hydrogen-bond acceptors (Lipinski definition) is 7. The first-order chi connectivity index (χ1) is 15.7. The molecule has 0 atom stereocenters. The molecule has 0 aliphatic carbocycles. The van der Waals surface area contributed by atoms with Crippen molar-refractivity contribution in [1.29, 1.82) is 0 Å². The SMILES string of the molecule is CCC(C)(C)NC(=O)C(/C=C1\C(=O)ONN1c1ccc(OC)cc1)=NC(=O)c1ccccc1. The second kappa shape index (κ2) is 10.1. The van der Waals surface area contributed by atoms with E-state index in [1.54, 1.807) is 61.7 Å². The van der Waals surface area contributed by atoms with Crippen LogP contribution < -0.4 is 20.7 Å². The Morgan fingerprint density at radius 3 is 2.42 bits per heavy atom. The number of anilines is 1. The van der Waals surface area contributed by atoms with E-state index in [0.29, 0.717) is 23.4 Å². The third-order valence-electron chi connectivity index (χ3n) is 5.09. The third-order valence-corrected chi connectivity index (χ3v) is 5.09. The lowest BCUT2D eigenvalue weighted by Crippen LogP contribution is -2.46. The Morgan fingerprint density at radius 2 is 1.82 bits per heavy atom. The standard InChI is InChI=1S/C24H26N4O5/c1-5-24(2,3)26-22(30)19(25-21(29)16-9-7-6-8-10-16)15-20-23(31)33-27-28(20)17-11-13-18(32-4)14-12-17/h6-15,27H,5H2,1-4H3,(H,26,30)/b20-15+,25-19?. The van der Waals surface area contributed by atoms with Gasteiger partial charge in [0.1, 0.15) is 11.5 Å². The molecule has 0 unspecified atom stereocenters. The number of carbonyl (C=O) groups is 3. The molecule has 33 heavy (non-hydrogen) atoms. The van der Waals surface area contributed by atoms with E-state index in [9.17, 15) is 14.4 Å². The molecule has 172 valence electrons. The number of benzene rings is 2. The molecule has 0 bridgehead atoms. The summed E-state index contributed by atoms with van der Waals surface area (Å²) in [7, 11) is 1.55. The summed E-state index contributed by atoms with van der Waals surface area (Å²) in [4.78, 5) is 47.2. The van der Waals surface area contributed by atoms with Gasteiger partial charge in [0.05, 0.1) is 12.8 Å². The van der Waals surface area contributed by atoms with E-state index >= 15 is 0 Å². The number of methoxy groups -OCH3 is 1. The van der Waals surface area contributed by atoms with Gasteiger partial charge in [-0.15, -0.1) is 0 Å². The Labute approximate surface area is 192 Å². The van der Waals surface area contributed by atoms with Crippen molar-refractivity contribution in [3.05, 3.63) is 71.9 Å². The van der Waals surface area contributed by atoms with Crippen LogP contribution in [0, 0.1) is 0 Å². The fraction of sp³-hybridized carbons (Fsp3) is 0.250. The zero-order valence-electron chi connectivity index (χ0n) is 18.9. The zero-order valence-corrected chi connectivity index (χ0v) is 18.9. The summed E-state index contributed by atoms with van der Waals surface area (Å²) in [6, 6.07) is 15.2. The van der Waals surface area contributed by atoms with Gasteiger partial charge in [-0.05, 0) is 56.7 Å². The van der Waals surface area contributed by atoms with Crippen molar-refractivity contribution in [1.82, 2.24) is 10.9 Å². The van der Waals surface area contributed by atoms with Gasteiger partial charge in [0.2, 0.25) is 0 Å². The van der Waals surface area contributed by atoms with Gasteiger partial charge in [-0.1, -0.05) is 30.7 Å². The summed E-state index contributed by atoms with van der Waals surface area (Å²) in [5.74, 6) is -1.30. The van der Waals surface area contributed by atoms with Crippen molar-refractivity contribution in [3.8, 4) is 5.75 Å². The van der Waals surface area contributed by atoms with Crippen LogP contribution in [-0.2, 0) is 14.4 Å². The minimum absolute atomic E-state index is 0.00997. The third kappa shape index (κ3) is 5.83. The smallest absolute Gasteiger partial charge is 0.376 e. The summed E-state index contributed by atoms with van der Waals surface area (Å²) in [5, 5.41) is 4.20. The second-order valence-corrected chi connectivity index (χ2v) is 7.90. The van der Waals surface area contributed by atoms with Crippen LogP contribution in [0.1, 0.15) is 37.6 Å². The molecule has 1 aliphatic heterocycles. The monoisotopic (exact) mass is 450 g/mol. The van der Waals surface area contributed by atoms with E-state index in [0.717, 1.165) is 0 Å². The van der Waals surface area contributed by atoms with Crippen molar-refractivity contribution in [2.24, 2.45) is 4.99 Å². The average Bonchev–Trinajstić information content (AvgIpc) is 3.18. The average molecular weight is 450 g/mol. The summed E-state index contributed by atoms with van der Waals surface area (Å²) >= 11 is 0. The molecule has 0 spiro atoms. The lowest BCUT2D eigenvalue weighted by atomic mass is 10.0. The molecule has 9 heteroatoms. The van der Waals surface area contributed by atoms with Crippen LogP contribution in [0.25, 0.3) is 0 Å². The van der Waals surface area contributed by atoms with Gasteiger partial charge in [0, 0.05) is 17.2 Å². The second-order valence-electron chi connectivity index (χ2n) is 7.90. The van der Waals surface area contributed by atoms with Crippen LogP contribution in [-0.4, -0.2) is 36.1 Å². The minimum Gasteiger partial charge on any atom is -0.497 e. The lowest BCUT2D eigenvalue weighted by molar-refractivity contribution is -0.140. The fourth-order valence-electron chi connectivity index (χ4n) is 2.82. The first-order valence-corrected chi connectivity index (χ1v) is 10.4. The predicted octanol–water partition coefficient (Wildman–Crippen LogP) is 2.95. The van der Waals surface area contributed by atoms with E-state index < -0.39 is 23.3 Å².